The van der Waals surface area contributed by atoms with Crippen LogP contribution in [-0.4, -0.2) is 49.5 Å². The second kappa shape index (κ2) is 7.82. The smallest absolute Gasteiger partial charge is 0.246 e. The summed E-state index contributed by atoms with van der Waals surface area (Å²) in [5.74, 6) is 0.394. The summed E-state index contributed by atoms with van der Waals surface area (Å²) in [6, 6.07) is 0. The average molecular weight is 270 g/mol. The number of hydrogen-bond donors (Lipinski definition) is 3. The van der Waals surface area contributed by atoms with E-state index in [4.69, 9.17) is 4.74 Å². The molecule has 0 aromatic heterocycles. The van der Waals surface area contributed by atoms with Gasteiger partial charge in [-0.25, -0.2) is 0 Å². The molecule has 0 bridgehead atoms. The zero-order valence-electron chi connectivity index (χ0n) is 11.6. The fraction of sp³-hybridized carbons (Fsp3) is 0.929. The van der Waals surface area contributed by atoms with E-state index < -0.39 is 0 Å². The first-order valence-electron chi connectivity index (χ1n) is 7.51. The second-order valence-electron chi connectivity index (χ2n) is 5.75. The van der Waals surface area contributed by atoms with Crippen molar-refractivity contribution in [3.63, 3.8) is 0 Å². The molecule has 2 atom stereocenters. The molecule has 5 heteroatoms. The van der Waals surface area contributed by atoms with E-state index in [9.17, 15) is 9.90 Å². The summed E-state index contributed by atoms with van der Waals surface area (Å²) in [5.41, 5.74) is 0. The summed E-state index contributed by atoms with van der Waals surface area (Å²) in [5, 5.41) is 15.8. The minimum absolute atomic E-state index is 0.0291. The molecule has 2 aliphatic rings. The lowest BCUT2D eigenvalue weighted by atomic mass is 9.87. The van der Waals surface area contributed by atoms with Crippen molar-refractivity contribution in [3.05, 3.63) is 0 Å². The number of nitrogens with one attached hydrogen (secondary N) is 2. The Labute approximate surface area is 115 Å². The summed E-state index contributed by atoms with van der Waals surface area (Å²) >= 11 is 0. The van der Waals surface area contributed by atoms with Crippen LogP contribution in [0.2, 0.25) is 0 Å². The van der Waals surface area contributed by atoms with Crippen molar-refractivity contribution >= 4 is 5.91 Å². The number of aliphatic hydroxyl groups is 1. The van der Waals surface area contributed by atoms with Gasteiger partial charge in [-0.3, -0.25) is 4.79 Å². The molecule has 0 aromatic rings. The average Bonchev–Trinajstić information content (AvgIpc) is 2.44. The van der Waals surface area contributed by atoms with Gasteiger partial charge in [-0.2, -0.15) is 0 Å². The molecule has 0 radical (unpaired) electrons. The first kappa shape index (κ1) is 14.8. The molecule has 1 saturated heterocycles. The number of aliphatic hydroxyl groups excluding tert-OH is 1. The van der Waals surface area contributed by atoms with E-state index in [1.165, 1.54) is 0 Å². The Hall–Kier alpha value is -0.650. The van der Waals surface area contributed by atoms with Gasteiger partial charge in [-0.1, -0.05) is 6.42 Å². The highest BCUT2D eigenvalue weighted by atomic mass is 16.5. The number of carbonyl (C=O) groups is 1. The molecule has 1 aliphatic heterocycles. The molecule has 2 unspecified atom stereocenters. The SMILES string of the molecule is O=C(COC1CCNCC1)NCC1CCCC(O)C1. The van der Waals surface area contributed by atoms with Crippen molar-refractivity contribution in [1.82, 2.24) is 10.6 Å². The third-order valence-corrected chi connectivity index (χ3v) is 4.08. The van der Waals surface area contributed by atoms with E-state index in [1.807, 2.05) is 0 Å². The maximum absolute atomic E-state index is 11.7. The van der Waals surface area contributed by atoms with Crippen LogP contribution in [0.1, 0.15) is 38.5 Å². The van der Waals surface area contributed by atoms with Gasteiger partial charge in [0, 0.05) is 6.54 Å². The third-order valence-electron chi connectivity index (χ3n) is 4.08. The number of ether oxygens (including phenoxy) is 1. The molecule has 2 rings (SSSR count). The highest BCUT2D eigenvalue weighted by Crippen LogP contribution is 2.23. The fourth-order valence-corrected chi connectivity index (χ4v) is 2.91. The fourth-order valence-electron chi connectivity index (χ4n) is 2.91. The Balaban J connectivity index is 1.56. The Morgan fingerprint density at radius 2 is 2.05 bits per heavy atom. The van der Waals surface area contributed by atoms with Crippen molar-refractivity contribution in [2.75, 3.05) is 26.2 Å². The topological polar surface area (TPSA) is 70.6 Å². The van der Waals surface area contributed by atoms with E-state index in [0.717, 1.165) is 51.6 Å². The predicted octanol–water partition coefficient (Wildman–Crippen LogP) is 0.422. The van der Waals surface area contributed by atoms with Crippen LogP contribution in [0, 0.1) is 5.92 Å². The highest BCUT2D eigenvalue weighted by Gasteiger charge is 2.21. The van der Waals surface area contributed by atoms with Crippen LogP contribution in [0.4, 0.5) is 0 Å². The molecule has 3 N–H and O–H groups in total. The van der Waals surface area contributed by atoms with Gasteiger partial charge in [0.2, 0.25) is 5.91 Å². The lowest BCUT2D eigenvalue weighted by Gasteiger charge is -2.26. The molecule has 1 heterocycles. The van der Waals surface area contributed by atoms with Crippen molar-refractivity contribution in [2.45, 2.75) is 50.7 Å². The number of carbonyl (C=O) groups excluding carboxylic acids is 1. The van der Waals surface area contributed by atoms with E-state index in [0.29, 0.717) is 12.5 Å². The predicted molar refractivity (Wildman–Crippen MR) is 72.8 cm³/mol. The van der Waals surface area contributed by atoms with Gasteiger partial charge in [-0.15, -0.1) is 0 Å². The minimum atomic E-state index is -0.179. The molecule has 1 aliphatic carbocycles. The summed E-state index contributed by atoms with van der Waals surface area (Å²) in [4.78, 5) is 11.7. The zero-order chi connectivity index (χ0) is 13.5. The van der Waals surface area contributed by atoms with Crippen LogP contribution < -0.4 is 10.6 Å². The van der Waals surface area contributed by atoms with Crippen LogP contribution >= 0.6 is 0 Å². The number of amides is 1. The second-order valence-corrected chi connectivity index (χ2v) is 5.75. The summed E-state index contributed by atoms with van der Waals surface area (Å²) in [6.45, 7) is 2.80. The van der Waals surface area contributed by atoms with E-state index >= 15 is 0 Å². The summed E-state index contributed by atoms with van der Waals surface area (Å²) in [6.07, 6.45) is 5.91. The molecule has 0 aromatic carbocycles. The van der Waals surface area contributed by atoms with Gasteiger partial charge in [0.05, 0.1) is 12.2 Å². The first-order chi connectivity index (χ1) is 9.24. The normalized spacial score (nSPS) is 29.1. The van der Waals surface area contributed by atoms with Crippen molar-refractivity contribution in [1.29, 1.82) is 0 Å². The molecular formula is C14H26N2O3. The Bertz CT molecular complexity index is 280. The molecule has 110 valence electrons. The lowest BCUT2D eigenvalue weighted by molar-refractivity contribution is -0.128. The van der Waals surface area contributed by atoms with Crippen LogP contribution in [0.15, 0.2) is 0 Å². The molecule has 1 amide bonds. The first-order valence-corrected chi connectivity index (χ1v) is 7.51. The van der Waals surface area contributed by atoms with Gasteiger partial charge in [0.25, 0.3) is 0 Å². The van der Waals surface area contributed by atoms with Gasteiger partial charge in [-0.05, 0) is 51.1 Å². The van der Waals surface area contributed by atoms with E-state index in [-0.39, 0.29) is 24.7 Å². The third kappa shape index (κ3) is 5.47. The van der Waals surface area contributed by atoms with Crippen LogP contribution in [0.5, 0.6) is 0 Å². The van der Waals surface area contributed by atoms with Gasteiger partial charge < -0.3 is 20.5 Å². The van der Waals surface area contributed by atoms with Crippen LogP contribution in [0.25, 0.3) is 0 Å². The van der Waals surface area contributed by atoms with Gasteiger partial charge in [0.15, 0.2) is 0 Å². The van der Waals surface area contributed by atoms with E-state index in [2.05, 4.69) is 10.6 Å². The van der Waals surface area contributed by atoms with Crippen molar-refractivity contribution < 1.29 is 14.6 Å². The summed E-state index contributed by atoms with van der Waals surface area (Å²) in [7, 11) is 0. The largest absolute Gasteiger partial charge is 0.393 e. The minimum Gasteiger partial charge on any atom is -0.393 e. The summed E-state index contributed by atoms with van der Waals surface area (Å²) < 4.78 is 5.60. The Morgan fingerprint density at radius 3 is 2.79 bits per heavy atom. The van der Waals surface area contributed by atoms with Gasteiger partial charge >= 0.3 is 0 Å². The molecule has 1 saturated carbocycles. The zero-order valence-corrected chi connectivity index (χ0v) is 11.6. The molecule has 5 nitrogen and oxygen atoms in total. The number of rotatable bonds is 5. The quantitative estimate of drug-likeness (QED) is 0.677. The van der Waals surface area contributed by atoms with Crippen molar-refractivity contribution in [2.24, 2.45) is 5.92 Å². The van der Waals surface area contributed by atoms with Crippen molar-refractivity contribution in [3.8, 4) is 0 Å². The number of piperidine rings is 1. The Kier molecular flexibility index (Phi) is 6.07. The monoisotopic (exact) mass is 270 g/mol. The molecule has 19 heavy (non-hydrogen) atoms. The maximum atomic E-state index is 11.7. The number of hydrogen-bond acceptors (Lipinski definition) is 4. The molecule has 2 fully saturated rings. The maximum Gasteiger partial charge on any atom is 0.246 e. The highest BCUT2D eigenvalue weighted by molar-refractivity contribution is 5.77. The van der Waals surface area contributed by atoms with E-state index in [1.54, 1.807) is 0 Å². The Morgan fingerprint density at radius 1 is 1.26 bits per heavy atom. The lowest BCUT2D eigenvalue weighted by Crippen LogP contribution is -2.38. The standard InChI is InChI=1S/C14H26N2O3/c17-12-3-1-2-11(8-12)9-16-14(18)10-19-13-4-6-15-7-5-13/h11-13,15,17H,1-10H2,(H,16,18). The van der Waals surface area contributed by atoms with Crippen LogP contribution in [-0.2, 0) is 9.53 Å². The van der Waals surface area contributed by atoms with Gasteiger partial charge in [0.1, 0.15) is 6.61 Å². The van der Waals surface area contributed by atoms with Crippen LogP contribution in [0.3, 0.4) is 0 Å². The molecular weight excluding hydrogens is 244 g/mol. The molecule has 0 spiro atoms.